The molecule has 0 fully saturated rings. The van der Waals surface area contributed by atoms with Gasteiger partial charge < -0.3 is 5.11 Å². The summed E-state index contributed by atoms with van der Waals surface area (Å²) < 4.78 is 0. The Kier molecular flexibility index (Phi) is 19.1. The van der Waals surface area contributed by atoms with Crippen LogP contribution in [0.1, 0.15) is 51.4 Å². The molecule has 0 aromatic rings. The Hall–Kier alpha value is -2.17. The maximum atomic E-state index is 10.2. The van der Waals surface area contributed by atoms with Crippen LogP contribution >= 0.6 is 0 Å². The lowest BCUT2D eigenvalue weighted by Gasteiger charge is -2.00. The van der Waals surface area contributed by atoms with Gasteiger partial charge in [0.15, 0.2) is 0 Å². The molecule has 0 aromatic heterocycles. The Morgan fingerprint density at radius 1 is 0.654 bits per heavy atom. The average molecular weight is 360 g/mol. The largest absolute Gasteiger partial charge is 0.478 e. The molecule has 0 rings (SSSR count). The predicted octanol–water partition coefficient (Wildman–Crippen LogP) is 6.02. The molecule has 4 nitrogen and oxygen atoms in total. The molecule has 0 aliphatic heterocycles. The Morgan fingerprint density at radius 2 is 1.12 bits per heavy atom. The molecule has 0 bridgehead atoms. The molecule has 144 valence electrons. The summed E-state index contributed by atoms with van der Waals surface area (Å²) in [6.07, 6.45) is 31.3. The minimum atomic E-state index is -0.946. The standard InChI is InChI=1S/C22H32O4/c23-22(24)20-18-16-14-12-10-8-6-4-2-1-3-5-7-9-11-13-15-17-19-21-26-25/h1-4,6,8,10,12,14,16,18,20,25H,5,7,9,11,13,15,17,19,21H2,(H,23,24). The second-order valence-electron chi connectivity index (χ2n) is 5.76. The van der Waals surface area contributed by atoms with Crippen LogP contribution in [0.2, 0.25) is 0 Å². The maximum Gasteiger partial charge on any atom is 0.328 e. The summed E-state index contributed by atoms with van der Waals surface area (Å²) in [5, 5.41) is 16.6. The molecule has 0 aliphatic rings. The van der Waals surface area contributed by atoms with Gasteiger partial charge in [0.2, 0.25) is 0 Å². The SMILES string of the molecule is O=C(O)C=CC=CC=CC=CC=CC=CCCCCCCCCCOO. The molecule has 0 aromatic carbocycles. The Balaban J connectivity index is 3.51. The number of rotatable bonds is 16. The van der Waals surface area contributed by atoms with Crippen LogP contribution in [0.4, 0.5) is 0 Å². The first-order chi connectivity index (χ1) is 12.8. The summed E-state index contributed by atoms with van der Waals surface area (Å²) in [7, 11) is 0. The summed E-state index contributed by atoms with van der Waals surface area (Å²) in [5.41, 5.74) is 0. The molecule has 2 N–H and O–H groups in total. The summed E-state index contributed by atoms with van der Waals surface area (Å²) >= 11 is 0. The van der Waals surface area contributed by atoms with Crippen molar-refractivity contribution in [2.24, 2.45) is 0 Å². The minimum Gasteiger partial charge on any atom is -0.478 e. The van der Waals surface area contributed by atoms with Gasteiger partial charge in [-0.25, -0.2) is 9.68 Å². The van der Waals surface area contributed by atoms with E-state index in [-0.39, 0.29) is 0 Å². The van der Waals surface area contributed by atoms with Crippen LogP contribution < -0.4 is 0 Å². The van der Waals surface area contributed by atoms with E-state index < -0.39 is 5.97 Å². The van der Waals surface area contributed by atoms with Crippen molar-refractivity contribution in [2.75, 3.05) is 6.61 Å². The van der Waals surface area contributed by atoms with Crippen molar-refractivity contribution < 1.29 is 20.0 Å². The van der Waals surface area contributed by atoms with E-state index in [2.05, 4.69) is 17.0 Å². The highest BCUT2D eigenvalue weighted by atomic mass is 17.1. The molecule has 0 atom stereocenters. The molecule has 0 spiro atoms. The summed E-state index contributed by atoms with van der Waals surface area (Å²) in [6, 6.07) is 0. The van der Waals surface area contributed by atoms with Gasteiger partial charge in [0.25, 0.3) is 0 Å². The Morgan fingerprint density at radius 3 is 1.65 bits per heavy atom. The van der Waals surface area contributed by atoms with Gasteiger partial charge in [-0.05, 0) is 19.3 Å². The van der Waals surface area contributed by atoms with E-state index in [1.807, 2.05) is 36.5 Å². The first kappa shape index (κ1) is 23.8. The molecule has 0 unspecified atom stereocenters. The van der Waals surface area contributed by atoms with Gasteiger partial charge >= 0.3 is 5.97 Å². The monoisotopic (exact) mass is 360 g/mol. The van der Waals surface area contributed by atoms with E-state index in [1.165, 1.54) is 38.2 Å². The van der Waals surface area contributed by atoms with Crippen LogP contribution in [-0.4, -0.2) is 22.9 Å². The number of carboxylic acids is 1. The highest BCUT2D eigenvalue weighted by molar-refractivity contribution is 5.80. The smallest absolute Gasteiger partial charge is 0.328 e. The van der Waals surface area contributed by atoms with Crippen molar-refractivity contribution in [1.29, 1.82) is 0 Å². The van der Waals surface area contributed by atoms with Gasteiger partial charge in [0, 0.05) is 6.08 Å². The van der Waals surface area contributed by atoms with E-state index in [0.717, 1.165) is 25.3 Å². The molecular weight excluding hydrogens is 328 g/mol. The lowest BCUT2D eigenvalue weighted by molar-refractivity contribution is -0.242. The molecule has 0 radical (unpaired) electrons. The van der Waals surface area contributed by atoms with Crippen molar-refractivity contribution in [3.8, 4) is 0 Å². The lowest BCUT2D eigenvalue weighted by atomic mass is 10.1. The number of aliphatic carboxylic acids is 1. The van der Waals surface area contributed by atoms with Crippen LogP contribution in [0.15, 0.2) is 72.9 Å². The van der Waals surface area contributed by atoms with E-state index in [9.17, 15) is 4.79 Å². The molecule has 0 heterocycles. The normalized spacial score (nSPS) is 13.0. The molecule has 0 amide bonds. The van der Waals surface area contributed by atoms with Crippen LogP contribution in [0, 0.1) is 0 Å². The topological polar surface area (TPSA) is 66.8 Å². The molecule has 0 saturated carbocycles. The van der Waals surface area contributed by atoms with E-state index in [1.54, 1.807) is 12.2 Å². The number of unbranched alkanes of at least 4 members (excludes halogenated alkanes) is 7. The van der Waals surface area contributed by atoms with Gasteiger partial charge in [-0.15, -0.1) is 0 Å². The highest BCUT2D eigenvalue weighted by Crippen LogP contribution is 2.08. The molecule has 0 aliphatic carbocycles. The number of hydrogen-bond donors (Lipinski definition) is 2. The van der Waals surface area contributed by atoms with Gasteiger partial charge in [0.05, 0.1) is 6.61 Å². The summed E-state index contributed by atoms with van der Waals surface area (Å²) in [4.78, 5) is 14.3. The van der Waals surface area contributed by atoms with Crippen molar-refractivity contribution in [2.45, 2.75) is 51.4 Å². The zero-order valence-corrected chi connectivity index (χ0v) is 15.5. The van der Waals surface area contributed by atoms with E-state index >= 15 is 0 Å². The van der Waals surface area contributed by atoms with E-state index in [4.69, 9.17) is 10.4 Å². The molecule has 0 saturated heterocycles. The van der Waals surface area contributed by atoms with Crippen LogP contribution in [-0.2, 0) is 9.68 Å². The fraction of sp³-hybridized carbons (Fsp3) is 0.409. The summed E-state index contributed by atoms with van der Waals surface area (Å²) in [5.74, 6) is -0.946. The first-order valence-corrected chi connectivity index (χ1v) is 9.26. The predicted molar refractivity (Wildman–Crippen MR) is 108 cm³/mol. The quantitative estimate of drug-likeness (QED) is 0.116. The van der Waals surface area contributed by atoms with Gasteiger partial charge in [-0.2, -0.15) is 0 Å². The first-order valence-electron chi connectivity index (χ1n) is 9.26. The third kappa shape index (κ3) is 21.8. The Labute approximate surface area is 157 Å². The third-order valence-corrected chi connectivity index (χ3v) is 3.48. The Bertz CT molecular complexity index is 496. The third-order valence-electron chi connectivity index (χ3n) is 3.48. The van der Waals surface area contributed by atoms with Crippen LogP contribution in [0.5, 0.6) is 0 Å². The zero-order valence-electron chi connectivity index (χ0n) is 15.5. The number of hydrogen-bond acceptors (Lipinski definition) is 3. The fourth-order valence-electron chi connectivity index (χ4n) is 2.14. The number of allylic oxidation sites excluding steroid dienone is 11. The fourth-order valence-corrected chi connectivity index (χ4v) is 2.14. The van der Waals surface area contributed by atoms with Crippen LogP contribution in [0.3, 0.4) is 0 Å². The second-order valence-corrected chi connectivity index (χ2v) is 5.76. The van der Waals surface area contributed by atoms with Crippen molar-refractivity contribution in [3.63, 3.8) is 0 Å². The van der Waals surface area contributed by atoms with Gasteiger partial charge in [-0.1, -0.05) is 98.9 Å². The second kappa shape index (κ2) is 20.9. The van der Waals surface area contributed by atoms with E-state index in [0.29, 0.717) is 6.61 Å². The molecular formula is C22H32O4. The lowest BCUT2D eigenvalue weighted by Crippen LogP contribution is -1.88. The number of carboxylic acid groups (broad SMARTS) is 1. The zero-order chi connectivity index (χ0) is 19.1. The van der Waals surface area contributed by atoms with Gasteiger partial charge in [-0.3, -0.25) is 5.26 Å². The molecule has 26 heavy (non-hydrogen) atoms. The highest BCUT2D eigenvalue weighted by Gasteiger charge is 1.91. The average Bonchev–Trinajstić information content (AvgIpc) is 2.62. The maximum absolute atomic E-state index is 10.2. The van der Waals surface area contributed by atoms with Crippen molar-refractivity contribution in [1.82, 2.24) is 0 Å². The number of carbonyl (C=O) groups is 1. The van der Waals surface area contributed by atoms with Crippen molar-refractivity contribution >= 4 is 5.97 Å². The molecule has 4 heteroatoms. The minimum absolute atomic E-state index is 0.451. The summed E-state index contributed by atoms with van der Waals surface area (Å²) in [6.45, 7) is 0.451. The van der Waals surface area contributed by atoms with Crippen molar-refractivity contribution in [3.05, 3.63) is 72.9 Å². The van der Waals surface area contributed by atoms with Gasteiger partial charge in [0.1, 0.15) is 0 Å². The van der Waals surface area contributed by atoms with Crippen LogP contribution in [0.25, 0.3) is 0 Å².